The van der Waals surface area contributed by atoms with E-state index in [-0.39, 0.29) is 18.3 Å². The molecule has 0 aliphatic rings. The molecule has 0 aliphatic carbocycles. The van der Waals surface area contributed by atoms with Crippen molar-refractivity contribution in [1.29, 1.82) is 0 Å². The van der Waals surface area contributed by atoms with Crippen LogP contribution in [0.15, 0.2) is 48.5 Å². The number of rotatable bonds is 8. The highest BCUT2D eigenvalue weighted by Gasteiger charge is 2.22. The van der Waals surface area contributed by atoms with Gasteiger partial charge in [-0.3, -0.25) is 9.59 Å². The van der Waals surface area contributed by atoms with Gasteiger partial charge in [-0.25, -0.2) is 9.97 Å². The molecule has 2 heterocycles. The maximum absolute atomic E-state index is 12.6. The molecule has 31 heavy (non-hydrogen) atoms. The van der Waals surface area contributed by atoms with Crippen LogP contribution in [0.3, 0.4) is 0 Å². The minimum Gasteiger partial charge on any atom is -0.453 e. The number of benzene rings is 2. The maximum atomic E-state index is 12.6. The normalized spacial score (nSPS) is 12.2. The van der Waals surface area contributed by atoms with Gasteiger partial charge in [0.05, 0.1) is 32.0 Å². The van der Waals surface area contributed by atoms with Gasteiger partial charge in [-0.1, -0.05) is 24.3 Å². The molecule has 0 saturated heterocycles. The van der Waals surface area contributed by atoms with Gasteiger partial charge in [0.15, 0.2) is 6.10 Å². The fourth-order valence-corrected chi connectivity index (χ4v) is 5.33. The average molecular weight is 454 g/mol. The molecule has 4 aromatic rings. The summed E-state index contributed by atoms with van der Waals surface area (Å²) in [7, 11) is 1.70. The van der Waals surface area contributed by atoms with Gasteiger partial charge in [-0.2, -0.15) is 0 Å². The number of para-hydroxylation sites is 2. The highest BCUT2D eigenvalue weighted by molar-refractivity contribution is 7.18. The van der Waals surface area contributed by atoms with Crippen molar-refractivity contribution in [2.75, 3.05) is 7.05 Å². The van der Waals surface area contributed by atoms with E-state index in [4.69, 9.17) is 4.74 Å². The van der Waals surface area contributed by atoms with E-state index < -0.39 is 6.10 Å². The summed E-state index contributed by atoms with van der Waals surface area (Å²) in [6.45, 7) is 2.00. The van der Waals surface area contributed by atoms with Gasteiger partial charge in [-0.15, -0.1) is 22.7 Å². The summed E-state index contributed by atoms with van der Waals surface area (Å²) >= 11 is 3.21. The molecule has 160 valence electrons. The first-order valence-electron chi connectivity index (χ1n) is 10.1. The highest BCUT2D eigenvalue weighted by Crippen LogP contribution is 2.24. The van der Waals surface area contributed by atoms with Crippen LogP contribution >= 0.6 is 22.7 Å². The molecule has 1 unspecified atom stereocenters. The van der Waals surface area contributed by atoms with Gasteiger partial charge in [0.25, 0.3) is 5.91 Å². The van der Waals surface area contributed by atoms with E-state index in [1.54, 1.807) is 41.5 Å². The Morgan fingerprint density at radius 3 is 2.19 bits per heavy atom. The van der Waals surface area contributed by atoms with E-state index in [2.05, 4.69) is 9.97 Å². The van der Waals surface area contributed by atoms with Crippen LogP contribution in [0.4, 0.5) is 0 Å². The molecule has 2 aromatic carbocycles. The molecule has 0 fully saturated rings. The number of hydrogen-bond acceptors (Lipinski definition) is 7. The second kappa shape index (κ2) is 9.53. The molecule has 4 rings (SSSR count). The van der Waals surface area contributed by atoms with Crippen LogP contribution in [0.25, 0.3) is 20.4 Å². The van der Waals surface area contributed by atoms with E-state index in [1.165, 1.54) is 0 Å². The zero-order valence-electron chi connectivity index (χ0n) is 17.4. The fourth-order valence-electron chi connectivity index (χ4n) is 3.30. The van der Waals surface area contributed by atoms with Crippen molar-refractivity contribution in [3.05, 3.63) is 58.5 Å². The molecule has 1 atom stereocenters. The lowest BCUT2D eigenvalue weighted by Gasteiger charge is -2.20. The summed E-state index contributed by atoms with van der Waals surface area (Å²) in [4.78, 5) is 35.5. The molecule has 2 aromatic heterocycles. The van der Waals surface area contributed by atoms with Gasteiger partial charge in [-0.05, 0) is 44.0 Å². The van der Waals surface area contributed by atoms with E-state index in [0.29, 0.717) is 19.4 Å². The van der Waals surface area contributed by atoms with Crippen molar-refractivity contribution < 1.29 is 14.3 Å². The number of thiazole rings is 2. The molecule has 0 radical (unpaired) electrons. The number of amides is 1. The van der Waals surface area contributed by atoms with Crippen LogP contribution in [-0.4, -0.2) is 39.9 Å². The summed E-state index contributed by atoms with van der Waals surface area (Å²) in [5.41, 5.74) is 1.91. The Balaban J connectivity index is 1.24. The smallest absolute Gasteiger partial charge is 0.306 e. The van der Waals surface area contributed by atoms with Crippen LogP contribution in [0, 0.1) is 0 Å². The van der Waals surface area contributed by atoms with Crippen LogP contribution in [0.2, 0.25) is 0 Å². The molecular formula is C23H23N3O3S2. The SMILES string of the molecule is CC(OC(=O)CCCc1nc2ccccc2s1)C(=O)N(C)Cc1nc2ccccc2s1. The lowest BCUT2D eigenvalue weighted by molar-refractivity contribution is -0.158. The number of hydrogen-bond donors (Lipinski definition) is 0. The molecule has 8 heteroatoms. The zero-order valence-corrected chi connectivity index (χ0v) is 19.0. The number of nitrogens with zero attached hydrogens (tertiary/aromatic N) is 3. The standard InChI is InChI=1S/C23H23N3O3S2/c1-15(23(28)26(2)14-21-25-17-9-4-6-11-19(17)31-21)29-22(27)13-7-12-20-24-16-8-3-5-10-18(16)30-20/h3-6,8-11,15H,7,12-14H2,1-2H3. The predicted octanol–water partition coefficient (Wildman–Crippen LogP) is 4.82. The molecule has 1 amide bonds. The van der Waals surface area contributed by atoms with Crippen molar-refractivity contribution in [2.45, 2.75) is 38.8 Å². The van der Waals surface area contributed by atoms with Crippen LogP contribution < -0.4 is 0 Å². The number of aromatic nitrogens is 2. The minimum atomic E-state index is -0.825. The molecule has 6 nitrogen and oxygen atoms in total. The monoisotopic (exact) mass is 453 g/mol. The Bertz CT molecular complexity index is 1150. The van der Waals surface area contributed by atoms with Gasteiger partial charge >= 0.3 is 5.97 Å². The van der Waals surface area contributed by atoms with Crippen molar-refractivity contribution in [1.82, 2.24) is 14.9 Å². The maximum Gasteiger partial charge on any atom is 0.306 e. The first-order chi connectivity index (χ1) is 15.0. The summed E-state index contributed by atoms with van der Waals surface area (Å²) in [5.74, 6) is -0.603. The molecular weight excluding hydrogens is 430 g/mol. The Labute approximate surface area is 188 Å². The molecule has 0 saturated carbocycles. The third-order valence-corrected chi connectivity index (χ3v) is 6.97. The Morgan fingerprint density at radius 2 is 1.55 bits per heavy atom. The summed E-state index contributed by atoms with van der Waals surface area (Å²) in [5, 5.41) is 1.86. The number of carbonyl (C=O) groups excluding carboxylic acids is 2. The lowest BCUT2D eigenvalue weighted by atomic mass is 10.2. The summed E-state index contributed by atoms with van der Waals surface area (Å²) in [6, 6.07) is 15.9. The summed E-state index contributed by atoms with van der Waals surface area (Å²) in [6.07, 6.45) is 0.791. The van der Waals surface area contributed by atoms with Gasteiger partial charge in [0, 0.05) is 13.5 Å². The van der Waals surface area contributed by atoms with Crippen molar-refractivity contribution in [3.8, 4) is 0 Å². The van der Waals surface area contributed by atoms with E-state index in [0.717, 1.165) is 30.4 Å². The van der Waals surface area contributed by atoms with Gasteiger partial charge < -0.3 is 9.64 Å². The van der Waals surface area contributed by atoms with E-state index >= 15 is 0 Å². The first-order valence-corrected chi connectivity index (χ1v) is 11.8. The van der Waals surface area contributed by atoms with Crippen molar-refractivity contribution >= 4 is 55.0 Å². The van der Waals surface area contributed by atoms with Gasteiger partial charge in [0.2, 0.25) is 0 Å². The minimum absolute atomic E-state index is 0.237. The third-order valence-electron chi connectivity index (χ3n) is 4.85. The van der Waals surface area contributed by atoms with Gasteiger partial charge in [0.1, 0.15) is 5.01 Å². The van der Waals surface area contributed by atoms with Crippen LogP contribution in [-0.2, 0) is 27.3 Å². The number of likely N-dealkylation sites (N-methyl/N-ethyl adjacent to an activating group) is 1. The third kappa shape index (κ3) is 5.26. The Morgan fingerprint density at radius 1 is 0.968 bits per heavy atom. The van der Waals surface area contributed by atoms with Crippen LogP contribution in [0.1, 0.15) is 29.8 Å². The quantitative estimate of drug-likeness (QED) is 0.358. The van der Waals surface area contributed by atoms with E-state index in [1.807, 2.05) is 48.5 Å². The molecule has 0 bridgehead atoms. The zero-order chi connectivity index (χ0) is 21.8. The van der Waals surface area contributed by atoms with Crippen LogP contribution in [0.5, 0.6) is 0 Å². The molecule has 0 aliphatic heterocycles. The number of ether oxygens (including phenoxy) is 1. The molecule has 0 N–H and O–H groups in total. The van der Waals surface area contributed by atoms with Crippen molar-refractivity contribution in [2.24, 2.45) is 0 Å². The van der Waals surface area contributed by atoms with E-state index in [9.17, 15) is 9.59 Å². The fraction of sp³-hybridized carbons (Fsp3) is 0.304. The number of esters is 1. The number of fused-ring (bicyclic) bond motifs is 2. The Kier molecular flexibility index (Phi) is 6.58. The highest BCUT2D eigenvalue weighted by atomic mass is 32.1. The summed E-state index contributed by atoms with van der Waals surface area (Å²) < 4.78 is 7.60. The number of aryl methyl sites for hydroxylation is 1. The predicted molar refractivity (Wildman–Crippen MR) is 124 cm³/mol. The van der Waals surface area contributed by atoms with Crippen molar-refractivity contribution in [3.63, 3.8) is 0 Å². The topological polar surface area (TPSA) is 72.4 Å². The Hall–Kier alpha value is -2.84. The second-order valence-electron chi connectivity index (χ2n) is 7.33. The molecule has 0 spiro atoms. The largest absolute Gasteiger partial charge is 0.453 e. The average Bonchev–Trinajstić information content (AvgIpc) is 3.35. The number of carbonyl (C=O) groups is 2. The lowest BCUT2D eigenvalue weighted by Crippen LogP contribution is -2.37. The first kappa shape index (κ1) is 21.4. The second-order valence-corrected chi connectivity index (χ2v) is 9.56.